The number of nitrogens with zero attached hydrogens (tertiary/aromatic N) is 1. The summed E-state index contributed by atoms with van der Waals surface area (Å²) < 4.78 is 45.7. The maximum atomic E-state index is 12.9. The SMILES string of the molecule is CC12C=CC(C)(O1)c1c2c(O)n(-c2cccc(C(F)(F)F)c2)c1O. The first-order chi connectivity index (χ1) is 11.1. The van der Waals surface area contributed by atoms with Crippen LogP contribution in [0.3, 0.4) is 0 Å². The molecule has 0 amide bonds. The minimum atomic E-state index is -4.52. The van der Waals surface area contributed by atoms with Gasteiger partial charge in [0.25, 0.3) is 0 Å². The number of ether oxygens (including phenoxy) is 1. The summed E-state index contributed by atoms with van der Waals surface area (Å²) in [5, 5.41) is 21.2. The van der Waals surface area contributed by atoms with Gasteiger partial charge in [-0.05, 0) is 44.2 Å². The summed E-state index contributed by atoms with van der Waals surface area (Å²) in [7, 11) is 0. The Morgan fingerprint density at radius 1 is 1.00 bits per heavy atom. The van der Waals surface area contributed by atoms with E-state index in [1.54, 1.807) is 26.0 Å². The summed E-state index contributed by atoms with van der Waals surface area (Å²) in [6.07, 6.45) is -0.977. The number of hydrogen-bond donors (Lipinski definition) is 2. The molecule has 3 heterocycles. The zero-order valence-corrected chi connectivity index (χ0v) is 12.8. The molecule has 0 radical (unpaired) electrons. The number of alkyl halides is 3. The first-order valence-corrected chi connectivity index (χ1v) is 7.33. The molecule has 2 unspecified atom stereocenters. The first-order valence-electron chi connectivity index (χ1n) is 7.33. The largest absolute Gasteiger partial charge is 0.494 e. The van der Waals surface area contributed by atoms with E-state index in [-0.39, 0.29) is 17.4 Å². The molecule has 2 aromatic rings. The molecule has 2 aliphatic heterocycles. The van der Waals surface area contributed by atoms with Crippen LogP contribution in [0.25, 0.3) is 5.69 Å². The molecule has 2 aliphatic rings. The second-order valence-electron chi connectivity index (χ2n) is 6.43. The molecule has 2 bridgehead atoms. The standard InChI is InChI=1S/C17H14F3NO3/c1-15-6-7-16(2,24-15)12-11(15)13(22)21(14(12)23)10-5-3-4-9(8-10)17(18,19)20/h3-8,22-23H,1-2H3. The predicted molar refractivity (Wildman–Crippen MR) is 79.0 cm³/mol. The summed E-state index contributed by atoms with van der Waals surface area (Å²) >= 11 is 0. The molecule has 2 N–H and O–H groups in total. The third-order valence-corrected chi connectivity index (χ3v) is 4.69. The number of aromatic nitrogens is 1. The number of halogens is 3. The predicted octanol–water partition coefficient (Wildman–Crippen LogP) is 3.94. The summed E-state index contributed by atoms with van der Waals surface area (Å²) in [5.74, 6) is -0.644. The van der Waals surface area contributed by atoms with Crippen LogP contribution in [0.4, 0.5) is 13.2 Å². The minimum absolute atomic E-state index is 0.0285. The number of benzene rings is 1. The van der Waals surface area contributed by atoms with Crippen molar-refractivity contribution in [3.8, 4) is 17.4 Å². The fourth-order valence-corrected chi connectivity index (χ4v) is 3.65. The fraction of sp³-hybridized carbons (Fsp3) is 0.294. The van der Waals surface area contributed by atoms with Crippen LogP contribution in [-0.4, -0.2) is 14.8 Å². The van der Waals surface area contributed by atoms with E-state index in [0.29, 0.717) is 11.1 Å². The molecule has 126 valence electrons. The van der Waals surface area contributed by atoms with Crippen molar-refractivity contribution in [2.24, 2.45) is 0 Å². The second kappa shape index (κ2) is 4.16. The maximum Gasteiger partial charge on any atom is 0.416 e. The average Bonchev–Trinajstić information content (AvgIpc) is 3.03. The van der Waals surface area contributed by atoms with E-state index >= 15 is 0 Å². The number of fused-ring (bicyclic) bond motifs is 5. The van der Waals surface area contributed by atoms with E-state index in [1.807, 2.05) is 0 Å². The van der Waals surface area contributed by atoms with Gasteiger partial charge in [-0.2, -0.15) is 13.2 Å². The van der Waals surface area contributed by atoms with Crippen molar-refractivity contribution in [2.75, 3.05) is 0 Å². The summed E-state index contributed by atoms with van der Waals surface area (Å²) in [4.78, 5) is 0. The van der Waals surface area contributed by atoms with E-state index in [9.17, 15) is 23.4 Å². The lowest BCUT2D eigenvalue weighted by atomic mass is 9.86. The lowest BCUT2D eigenvalue weighted by Gasteiger charge is -2.21. The van der Waals surface area contributed by atoms with Crippen molar-refractivity contribution >= 4 is 0 Å². The van der Waals surface area contributed by atoms with E-state index in [0.717, 1.165) is 16.7 Å². The van der Waals surface area contributed by atoms with Gasteiger partial charge in [-0.25, -0.2) is 0 Å². The molecule has 24 heavy (non-hydrogen) atoms. The maximum absolute atomic E-state index is 12.9. The lowest BCUT2D eigenvalue weighted by molar-refractivity contribution is -0.137. The highest BCUT2D eigenvalue weighted by atomic mass is 19.4. The molecular weight excluding hydrogens is 323 g/mol. The van der Waals surface area contributed by atoms with Crippen molar-refractivity contribution in [3.63, 3.8) is 0 Å². The molecule has 1 aromatic heterocycles. The van der Waals surface area contributed by atoms with Gasteiger partial charge in [0, 0.05) is 0 Å². The lowest BCUT2D eigenvalue weighted by Crippen LogP contribution is -2.19. The van der Waals surface area contributed by atoms with Crippen LogP contribution >= 0.6 is 0 Å². The molecule has 0 saturated carbocycles. The Hall–Kier alpha value is -2.41. The number of aromatic hydroxyl groups is 2. The summed E-state index contributed by atoms with van der Waals surface area (Å²) in [6, 6.07) is 4.45. The van der Waals surface area contributed by atoms with Crippen LogP contribution < -0.4 is 0 Å². The molecule has 0 saturated heterocycles. The van der Waals surface area contributed by atoms with Gasteiger partial charge in [-0.3, -0.25) is 4.57 Å². The van der Waals surface area contributed by atoms with E-state index < -0.39 is 22.9 Å². The van der Waals surface area contributed by atoms with Gasteiger partial charge in [-0.15, -0.1) is 0 Å². The van der Waals surface area contributed by atoms with E-state index in [4.69, 9.17) is 4.74 Å². The second-order valence-corrected chi connectivity index (χ2v) is 6.43. The van der Waals surface area contributed by atoms with E-state index in [2.05, 4.69) is 0 Å². The van der Waals surface area contributed by atoms with Crippen LogP contribution in [-0.2, 0) is 22.1 Å². The molecule has 1 aromatic carbocycles. The fourth-order valence-electron chi connectivity index (χ4n) is 3.65. The van der Waals surface area contributed by atoms with Gasteiger partial charge in [0.15, 0.2) is 0 Å². The molecule has 2 atom stereocenters. The van der Waals surface area contributed by atoms with Crippen molar-refractivity contribution in [2.45, 2.75) is 31.2 Å². The Balaban J connectivity index is 1.95. The molecular formula is C17H14F3NO3. The van der Waals surface area contributed by atoms with Crippen LogP contribution in [0.5, 0.6) is 11.8 Å². The molecule has 4 nitrogen and oxygen atoms in total. The smallest absolute Gasteiger partial charge is 0.416 e. The molecule has 0 fully saturated rings. The van der Waals surface area contributed by atoms with Gasteiger partial charge in [0.05, 0.1) is 22.4 Å². The van der Waals surface area contributed by atoms with Crippen LogP contribution in [0.15, 0.2) is 36.4 Å². The van der Waals surface area contributed by atoms with Gasteiger partial charge >= 0.3 is 6.18 Å². The highest BCUT2D eigenvalue weighted by Crippen LogP contribution is 2.60. The Labute approximate surface area is 135 Å². The molecule has 0 aliphatic carbocycles. The van der Waals surface area contributed by atoms with Gasteiger partial charge in [0.1, 0.15) is 11.2 Å². The number of rotatable bonds is 1. The zero-order valence-electron chi connectivity index (χ0n) is 12.8. The molecule has 0 spiro atoms. The van der Waals surface area contributed by atoms with Gasteiger partial charge < -0.3 is 14.9 Å². The Kier molecular flexibility index (Phi) is 2.62. The third kappa shape index (κ3) is 1.73. The zero-order chi connectivity index (χ0) is 17.5. The molecule has 7 heteroatoms. The molecule has 4 rings (SSSR count). The topological polar surface area (TPSA) is 54.6 Å². The normalized spacial score (nSPS) is 27.7. The van der Waals surface area contributed by atoms with Crippen molar-refractivity contribution in [1.29, 1.82) is 0 Å². The van der Waals surface area contributed by atoms with Crippen molar-refractivity contribution in [1.82, 2.24) is 4.57 Å². The monoisotopic (exact) mass is 337 g/mol. The Morgan fingerprint density at radius 2 is 1.54 bits per heavy atom. The Bertz CT molecular complexity index is 858. The summed E-state index contributed by atoms with van der Waals surface area (Å²) in [6.45, 7) is 3.46. The van der Waals surface area contributed by atoms with Crippen molar-refractivity contribution in [3.05, 3.63) is 53.1 Å². The van der Waals surface area contributed by atoms with Gasteiger partial charge in [-0.1, -0.05) is 6.07 Å². The number of hydrogen-bond acceptors (Lipinski definition) is 3. The first kappa shape index (κ1) is 15.1. The quantitative estimate of drug-likeness (QED) is 0.775. The van der Waals surface area contributed by atoms with Crippen LogP contribution in [0.1, 0.15) is 30.5 Å². The van der Waals surface area contributed by atoms with E-state index in [1.165, 1.54) is 12.1 Å². The highest BCUT2D eigenvalue weighted by Gasteiger charge is 2.56. The Morgan fingerprint density at radius 3 is 2.04 bits per heavy atom. The van der Waals surface area contributed by atoms with Crippen LogP contribution in [0.2, 0.25) is 0 Å². The average molecular weight is 337 g/mol. The highest BCUT2D eigenvalue weighted by molar-refractivity contribution is 5.64. The van der Waals surface area contributed by atoms with Gasteiger partial charge in [0.2, 0.25) is 11.8 Å². The van der Waals surface area contributed by atoms with Crippen LogP contribution in [0, 0.1) is 0 Å². The van der Waals surface area contributed by atoms with Crippen molar-refractivity contribution < 1.29 is 28.1 Å². The third-order valence-electron chi connectivity index (χ3n) is 4.69. The summed E-state index contributed by atoms with van der Waals surface area (Å²) in [5.41, 5.74) is -1.91. The minimum Gasteiger partial charge on any atom is -0.494 e.